The molecule has 0 atom stereocenters. The average molecular weight is 358 g/mol. The highest BCUT2D eigenvalue weighted by Gasteiger charge is 2.18. The van der Waals surface area contributed by atoms with Crippen LogP contribution in [0.3, 0.4) is 0 Å². The normalized spacial score (nSPS) is 10.8. The van der Waals surface area contributed by atoms with E-state index < -0.39 is 0 Å². The number of nitrogens with zero attached hydrogens (tertiary/aromatic N) is 2. The van der Waals surface area contributed by atoms with Gasteiger partial charge in [0.25, 0.3) is 0 Å². The van der Waals surface area contributed by atoms with Crippen molar-refractivity contribution >= 4 is 16.6 Å². The summed E-state index contributed by atoms with van der Waals surface area (Å²) in [6.45, 7) is 0.824. The Bertz CT molecular complexity index is 1090. The maximum absolute atomic E-state index is 11.2. The van der Waals surface area contributed by atoms with Gasteiger partial charge in [0.2, 0.25) is 5.88 Å². The minimum Gasteiger partial charge on any atom is -0.493 e. The Kier molecular flexibility index (Phi) is 4.58. The Morgan fingerprint density at radius 2 is 1.59 bits per heavy atom. The Balaban J connectivity index is 1.67. The molecule has 134 valence electrons. The predicted molar refractivity (Wildman–Crippen MR) is 105 cm³/mol. The zero-order valence-corrected chi connectivity index (χ0v) is 14.6. The number of benzene rings is 3. The van der Waals surface area contributed by atoms with E-state index in [-0.39, 0.29) is 11.6 Å². The molecular formula is C22H18N2O3. The summed E-state index contributed by atoms with van der Waals surface area (Å²) in [5, 5.41) is 14.1. The first-order valence-corrected chi connectivity index (χ1v) is 8.66. The number of nitroso groups, excluding NO2 is 1. The molecule has 4 rings (SSSR count). The first-order chi connectivity index (χ1) is 13.3. The number of rotatable bonds is 6. The molecule has 0 saturated carbocycles. The van der Waals surface area contributed by atoms with E-state index >= 15 is 0 Å². The summed E-state index contributed by atoms with van der Waals surface area (Å²) < 4.78 is 7.68. The highest BCUT2D eigenvalue weighted by Crippen LogP contribution is 2.39. The molecule has 0 bridgehead atoms. The molecule has 0 aliphatic carbocycles. The zero-order chi connectivity index (χ0) is 18.6. The number of fused-ring (bicyclic) bond motifs is 1. The van der Waals surface area contributed by atoms with Crippen LogP contribution in [0, 0.1) is 4.91 Å². The van der Waals surface area contributed by atoms with E-state index in [9.17, 15) is 10.0 Å². The molecule has 5 nitrogen and oxygen atoms in total. The topological polar surface area (TPSA) is 63.8 Å². The van der Waals surface area contributed by atoms with Gasteiger partial charge >= 0.3 is 0 Å². The summed E-state index contributed by atoms with van der Waals surface area (Å²) in [6, 6.07) is 24.9. The second kappa shape index (κ2) is 7.33. The third kappa shape index (κ3) is 3.27. The molecule has 0 aliphatic heterocycles. The fraction of sp³-hybridized carbons (Fsp3) is 0.0909. The molecule has 0 unspecified atom stereocenters. The number of para-hydroxylation sites is 2. The van der Waals surface area contributed by atoms with Crippen molar-refractivity contribution in [2.75, 3.05) is 0 Å². The number of aromatic hydroxyl groups is 1. The van der Waals surface area contributed by atoms with Gasteiger partial charge in [0, 0.05) is 10.9 Å². The molecule has 0 fully saturated rings. The number of ether oxygens (including phenoxy) is 1. The predicted octanol–water partition coefficient (Wildman–Crippen LogP) is 5.37. The van der Waals surface area contributed by atoms with Gasteiger partial charge in [-0.1, -0.05) is 66.7 Å². The van der Waals surface area contributed by atoms with E-state index in [0.29, 0.717) is 18.5 Å². The van der Waals surface area contributed by atoms with Crippen molar-refractivity contribution in [1.82, 2.24) is 4.57 Å². The summed E-state index contributed by atoms with van der Waals surface area (Å²) in [4.78, 5) is 11.2. The van der Waals surface area contributed by atoms with Crippen LogP contribution >= 0.6 is 0 Å². The van der Waals surface area contributed by atoms with Crippen molar-refractivity contribution in [3.05, 3.63) is 94.9 Å². The largest absolute Gasteiger partial charge is 0.493 e. The molecule has 0 saturated heterocycles. The molecule has 0 radical (unpaired) electrons. The van der Waals surface area contributed by atoms with Gasteiger partial charge in [0.15, 0.2) is 5.69 Å². The van der Waals surface area contributed by atoms with Crippen LogP contribution < -0.4 is 4.74 Å². The monoisotopic (exact) mass is 358 g/mol. The SMILES string of the molecule is O=Nc1c(O)n(Cc2ccccc2OCc2ccccc2)c2ccccc12. The fourth-order valence-corrected chi connectivity index (χ4v) is 3.20. The highest BCUT2D eigenvalue weighted by atomic mass is 16.5. The van der Waals surface area contributed by atoms with Crippen LogP contribution in [0.25, 0.3) is 10.9 Å². The molecular weight excluding hydrogens is 340 g/mol. The van der Waals surface area contributed by atoms with Crippen molar-refractivity contribution in [3.8, 4) is 11.6 Å². The van der Waals surface area contributed by atoms with Crippen molar-refractivity contribution < 1.29 is 9.84 Å². The van der Waals surface area contributed by atoms with Gasteiger partial charge in [-0.15, -0.1) is 4.91 Å². The summed E-state index contributed by atoms with van der Waals surface area (Å²) >= 11 is 0. The zero-order valence-electron chi connectivity index (χ0n) is 14.6. The Hall–Kier alpha value is -3.60. The van der Waals surface area contributed by atoms with Crippen molar-refractivity contribution in [3.63, 3.8) is 0 Å². The van der Waals surface area contributed by atoms with Gasteiger partial charge in [-0.2, -0.15) is 0 Å². The standard InChI is InChI=1S/C22H18N2O3/c25-22-21(23-26)18-11-5-6-12-19(18)24(22)14-17-10-4-7-13-20(17)27-15-16-8-2-1-3-9-16/h1-13,25H,14-15H2. The molecule has 0 aliphatic rings. The lowest BCUT2D eigenvalue weighted by Crippen LogP contribution is -2.03. The molecule has 1 N–H and O–H groups in total. The average Bonchev–Trinajstić information content (AvgIpc) is 2.99. The van der Waals surface area contributed by atoms with Gasteiger partial charge in [0.1, 0.15) is 12.4 Å². The van der Waals surface area contributed by atoms with Gasteiger partial charge in [-0.3, -0.25) is 0 Å². The van der Waals surface area contributed by atoms with Crippen molar-refractivity contribution in [1.29, 1.82) is 0 Å². The molecule has 3 aromatic carbocycles. The second-order valence-corrected chi connectivity index (χ2v) is 6.25. The third-order valence-corrected chi connectivity index (χ3v) is 4.55. The lowest BCUT2D eigenvalue weighted by Gasteiger charge is -2.13. The quantitative estimate of drug-likeness (QED) is 0.471. The summed E-state index contributed by atoms with van der Waals surface area (Å²) in [7, 11) is 0. The summed E-state index contributed by atoms with van der Waals surface area (Å²) in [5.41, 5.74) is 2.80. The van der Waals surface area contributed by atoms with E-state index in [1.54, 1.807) is 10.6 Å². The van der Waals surface area contributed by atoms with E-state index in [1.165, 1.54) is 0 Å². The van der Waals surface area contributed by atoms with E-state index in [0.717, 1.165) is 22.4 Å². The van der Waals surface area contributed by atoms with Crippen LogP contribution in [0.4, 0.5) is 5.69 Å². The lowest BCUT2D eigenvalue weighted by molar-refractivity contribution is 0.302. The van der Waals surface area contributed by atoms with E-state index in [1.807, 2.05) is 72.8 Å². The van der Waals surface area contributed by atoms with Gasteiger partial charge < -0.3 is 14.4 Å². The molecule has 0 amide bonds. The molecule has 4 aromatic rings. The smallest absolute Gasteiger partial charge is 0.222 e. The first-order valence-electron chi connectivity index (χ1n) is 8.66. The minimum absolute atomic E-state index is 0.0632. The molecule has 1 heterocycles. The molecule has 1 aromatic heterocycles. The second-order valence-electron chi connectivity index (χ2n) is 6.25. The van der Waals surface area contributed by atoms with Crippen LogP contribution in [-0.2, 0) is 13.2 Å². The van der Waals surface area contributed by atoms with Crippen LogP contribution in [0.2, 0.25) is 0 Å². The number of hydrogen-bond donors (Lipinski definition) is 1. The summed E-state index contributed by atoms with van der Waals surface area (Å²) in [5.74, 6) is 0.600. The van der Waals surface area contributed by atoms with Gasteiger partial charge in [-0.05, 0) is 22.9 Å². The molecule has 0 spiro atoms. The van der Waals surface area contributed by atoms with Crippen LogP contribution in [0.15, 0.2) is 84.0 Å². The third-order valence-electron chi connectivity index (χ3n) is 4.55. The minimum atomic E-state index is -0.135. The fourth-order valence-electron chi connectivity index (χ4n) is 3.20. The Morgan fingerprint density at radius 1 is 0.889 bits per heavy atom. The van der Waals surface area contributed by atoms with Gasteiger partial charge in [0.05, 0.1) is 12.1 Å². The number of hydrogen-bond acceptors (Lipinski definition) is 4. The maximum atomic E-state index is 11.2. The number of aromatic nitrogens is 1. The van der Waals surface area contributed by atoms with Gasteiger partial charge in [-0.25, -0.2) is 0 Å². The first kappa shape index (κ1) is 16.8. The Morgan fingerprint density at radius 3 is 2.41 bits per heavy atom. The molecule has 5 heteroatoms. The van der Waals surface area contributed by atoms with Crippen molar-refractivity contribution in [2.24, 2.45) is 5.18 Å². The van der Waals surface area contributed by atoms with E-state index in [4.69, 9.17) is 4.74 Å². The van der Waals surface area contributed by atoms with Crippen LogP contribution in [0.1, 0.15) is 11.1 Å². The maximum Gasteiger partial charge on any atom is 0.222 e. The summed E-state index contributed by atoms with van der Waals surface area (Å²) in [6.07, 6.45) is 0. The molecule has 27 heavy (non-hydrogen) atoms. The Labute approximate surface area is 156 Å². The highest BCUT2D eigenvalue weighted by molar-refractivity contribution is 5.95. The van der Waals surface area contributed by atoms with Crippen LogP contribution in [-0.4, -0.2) is 9.67 Å². The lowest BCUT2D eigenvalue weighted by atomic mass is 10.2. The van der Waals surface area contributed by atoms with E-state index in [2.05, 4.69) is 5.18 Å². The van der Waals surface area contributed by atoms with Crippen molar-refractivity contribution in [2.45, 2.75) is 13.2 Å². The van der Waals surface area contributed by atoms with Crippen LogP contribution in [0.5, 0.6) is 11.6 Å².